The lowest BCUT2D eigenvalue weighted by atomic mass is 10.3. The van der Waals surface area contributed by atoms with Crippen molar-refractivity contribution >= 4 is 35.0 Å². The quantitative estimate of drug-likeness (QED) is 0.571. The Morgan fingerprint density at radius 3 is 3.00 bits per heavy atom. The van der Waals surface area contributed by atoms with Crippen LogP contribution >= 0.6 is 23.4 Å². The summed E-state index contributed by atoms with van der Waals surface area (Å²) in [6.07, 6.45) is 2.12. The highest BCUT2D eigenvalue weighted by molar-refractivity contribution is 7.99. The second-order valence-corrected chi connectivity index (χ2v) is 6.42. The Balaban J connectivity index is 1.90. The van der Waals surface area contributed by atoms with E-state index < -0.39 is 0 Å². The number of anilines is 1. The first-order valence-corrected chi connectivity index (χ1v) is 8.68. The van der Waals surface area contributed by atoms with Crippen molar-refractivity contribution < 1.29 is 9.53 Å². The molecule has 6 nitrogen and oxygen atoms in total. The smallest absolute Gasteiger partial charge is 0.225 e. The van der Waals surface area contributed by atoms with Crippen molar-refractivity contribution in [1.82, 2.24) is 14.8 Å². The minimum atomic E-state index is -0.116. The monoisotopic (exact) mass is 366 g/mol. The van der Waals surface area contributed by atoms with Crippen molar-refractivity contribution in [3.8, 4) is 5.75 Å². The molecule has 0 radical (unpaired) electrons. The fourth-order valence-electron chi connectivity index (χ4n) is 2.03. The van der Waals surface area contributed by atoms with E-state index in [1.165, 1.54) is 11.8 Å². The van der Waals surface area contributed by atoms with Crippen molar-refractivity contribution in [2.45, 2.75) is 25.0 Å². The molecule has 0 saturated heterocycles. The molecular weight excluding hydrogens is 348 g/mol. The number of methoxy groups -OCH3 is 1. The first kappa shape index (κ1) is 18.4. The third kappa shape index (κ3) is 4.75. The molecule has 128 valence electrons. The number of nitrogens with one attached hydrogen (secondary N) is 1. The number of aryl methyl sites for hydroxylation is 1. The molecule has 24 heavy (non-hydrogen) atoms. The Hall–Kier alpha value is -1.99. The number of benzene rings is 1. The molecule has 1 amide bonds. The number of nitrogens with zero attached hydrogens (tertiary/aromatic N) is 3. The highest BCUT2D eigenvalue weighted by Crippen LogP contribution is 2.28. The summed E-state index contributed by atoms with van der Waals surface area (Å²) in [6.45, 7) is 6.26. The Kier molecular flexibility index (Phi) is 6.69. The summed E-state index contributed by atoms with van der Waals surface area (Å²) in [5, 5.41) is 12.3. The van der Waals surface area contributed by atoms with Gasteiger partial charge in [-0.05, 0) is 25.1 Å². The molecule has 0 fully saturated rings. The van der Waals surface area contributed by atoms with Crippen LogP contribution in [0, 0.1) is 6.92 Å². The van der Waals surface area contributed by atoms with E-state index in [4.69, 9.17) is 16.3 Å². The number of carbonyl (C=O) groups is 1. The Labute approximate surface area is 150 Å². The topological polar surface area (TPSA) is 69.0 Å². The van der Waals surface area contributed by atoms with Crippen LogP contribution in [-0.2, 0) is 11.3 Å². The van der Waals surface area contributed by atoms with Crippen LogP contribution in [0.15, 0.2) is 36.0 Å². The molecule has 0 atom stereocenters. The van der Waals surface area contributed by atoms with Gasteiger partial charge in [-0.2, -0.15) is 0 Å². The number of amides is 1. The first-order valence-electron chi connectivity index (χ1n) is 7.32. The molecule has 1 N–H and O–H groups in total. The minimum Gasteiger partial charge on any atom is -0.495 e. The lowest BCUT2D eigenvalue weighted by Crippen LogP contribution is -2.13. The summed E-state index contributed by atoms with van der Waals surface area (Å²) >= 11 is 7.44. The van der Waals surface area contributed by atoms with Gasteiger partial charge in [0.05, 0.1) is 12.8 Å². The van der Waals surface area contributed by atoms with E-state index >= 15 is 0 Å². The minimum absolute atomic E-state index is 0.116. The third-order valence-corrected chi connectivity index (χ3v) is 4.41. The van der Waals surface area contributed by atoms with Crippen LogP contribution < -0.4 is 10.1 Å². The van der Waals surface area contributed by atoms with E-state index in [2.05, 4.69) is 22.1 Å². The van der Waals surface area contributed by atoms with Gasteiger partial charge in [-0.25, -0.2) is 0 Å². The van der Waals surface area contributed by atoms with Crippen molar-refractivity contribution in [1.29, 1.82) is 0 Å². The summed E-state index contributed by atoms with van der Waals surface area (Å²) in [5.74, 6) is 1.87. The normalized spacial score (nSPS) is 10.5. The number of rotatable bonds is 8. The summed E-state index contributed by atoms with van der Waals surface area (Å²) in [5.41, 5.74) is 0.561. The maximum Gasteiger partial charge on any atom is 0.225 e. The largest absolute Gasteiger partial charge is 0.495 e. The van der Waals surface area contributed by atoms with Crippen LogP contribution in [0.25, 0.3) is 0 Å². The summed E-state index contributed by atoms with van der Waals surface area (Å²) in [6, 6.07) is 5.09. The van der Waals surface area contributed by atoms with Crippen molar-refractivity contribution in [3.63, 3.8) is 0 Å². The maximum atomic E-state index is 12.1. The van der Waals surface area contributed by atoms with E-state index in [0.717, 1.165) is 11.0 Å². The fourth-order valence-corrected chi connectivity index (χ4v) is 3.14. The van der Waals surface area contributed by atoms with Crippen molar-refractivity contribution in [2.75, 3.05) is 18.2 Å². The predicted octanol–water partition coefficient (Wildman–Crippen LogP) is 3.56. The molecule has 8 heteroatoms. The number of halogens is 1. The number of carbonyl (C=O) groups excluding carboxylic acids is 1. The standard InChI is InChI=1S/C16H19ClN4O2S/c1-4-8-21-11(2)19-20-16(21)24-9-7-15(22)18-13-10-12(17)5-6-14(13)23-3/h4-6,10H,1,7-9H2,2-3H3,(H,18,22). The number of hydrogen-bond donors (Lipinski definition) is 1. The molecule has 0 aliphatic rings. The van der Waals surface area contributed by atoms with Crippen LogP contribution in [0.3, 0.4) is 0 Å². The van der Waals surface area contributed by atoms with Gasteiger partial charge in [-0.3, -0.25) is 4.79 Å². The van der Waals surface area contributed by atoms with Crippen molar-refractivity contribution in [3.05, 3.63) is 41.7 Å². The zero-order valence-corrected chi connectivity index (χ0v) is 15.2. The Morgan fingerprint density at radius 2 is 2.29 bits per heavy atom. The lowest BCUT2D eigenvalue weighted by molar-refractivity contribution is -0.115. The van der Waals surface area contributed by atoms with Gasteiger partial charge in [0, 0.05) is 23.7 Å². The Morgan fingerprint density at radius 1 is 1.50 bits per heavy atom. The van der Waals surface area contributed by atoms with Crippen LogP contribution in [0.1, 0.15) is 12.2 Å². The van der Waals surface area contributed by atoms with E-state index in [-0.39, 0.29) is 5.91 Å². The zero-order valence-electron chi connectivity index (χ0n) is 13.6. The average Bonchev–Trinajstić information content (AvgIpc) is 2.89. The van der Waals surface area contributed by atoms with Crippen molar-refractivity contribution in [2.24, 2.45) is 0 Å². The Bertz CT molecular complexity index is 733. The van der Waals surface area contributed by atoms with E-state index in [9.17, 15) is 4.79 Å². The molecular formula is C16H19ClN4O2S. The lowest BCUT2D eigenvalue weighted by Gasteiger charge is -2.10. The molecule has 0 bridgehead atoms. The highest BCUT2D eigenvalue weighted by atomic mass is 35.5. The first-order chi connectivity index (χ1) is 11.5. The van der Waals surface area contributed by atoms with Crippen LogP contribution in [0.4, 0.5) is 5.69 Å². The molecule has 0 aliphatic carbocycles. The second-order valence-electron chi connectivity index (χ2n) is 4.92. The molecule has 0 aliphatic heterocycles. The SMILES string of the molecule is C=CCn1c(C)nnc1SCCC(=O)Nc1cc(Cl)ccc1OC. The molecule has 1 heterocycles. The average molecular weight is 367 g/mol. The molecule has 2 aromatic rings. The number of thioether (sulfide) groups is 1. The van der Waals surface area contributed by atoms with Gasteiger partial charge in [-0.15, -0.1) is 16.8 Å². The number of hydrogen-bond acceptors (Lipinski definition) is 5. The van der Waals surface area contributed by atoms with Gasteiger partial charge in [-0.1, -0.05) is 29.4 Å². The van der Waals surface area contributed by atoms with Gasteiger partial charge < -0.3 is 14.6 Å². The molecule has 0 spiro atoms. The van der Waals surface area contributed by atoms with Gasteiger partial charge in [0.2, 0.25) is 5.91 Å². The fraction of sp³-hybridized carbons (Fsp3) is 0.312. The number of aromatic nitrogens is 3. The number of allylic oxidation sites excluding steroid dienone is 1. The van der Waals surface area contributed by atoms with Crippen LogP contribution in [-0.4, -0.2) is 33.5 Å². The van der Waals surface area contributed by atoms with E-state index in [1.807, 2.05) is 11.5 Å². The zero-order chi connectivity index (χ0) is 17.5. The van der Waals surface area contributed by atoms with E-state index in [0.29, 0.717) is 35.2 Å². The highest BCUT2D eigenvalue weighted by Gasteiger charge is 2.11. The molecule has 0 unspecified atom stereocenters. The van der Waals surface area contributed by atoms with E-state index in [1.54, 1.807) is 31.4 Å². The molecule has 1 aromatic heterocycles. The second kappa shape index (κ2) is 8.75. The molecule has 1 aromatic carbocycles. The molecule has 2 rings (SSSR count). The third-order valence-electron chi connectivity index (χ3n) is 3.21. The summed E-state index contributed by atoms with van der Waals surface area (Å²) in [4.78, 5) is 12.1. The summed E-state index contributed by atoms with van der Waals surface area (Å²) < 4.78 is 7.16. The maximum absolute atomic E-state index is 12.1. The predicted molar refractivity (Wildman–Crippen MR) is 96.9 cm³/mol. The van der Waals surface area contributed by atoms with Crippen LogP contribution in [0.5, 0.6) is 5.75 Å². The van der Waals surface area contributed by atoms with Gasteiger partial charge in [0.1, 0.15) is 11.6 Å². The van der Waals surface area contributed by atoms with Gasteiger partial charge in [0.25, 0.3) is 0 Å². The molecule has 0 saturated carbocycles. The van der Waals surface area contributed by atoms with Gasteiger partial charge >= 0.3 is 0 Å². The van der Waals surface area contributed by atoms with Crippen LogP contribution in [0.2, 0.25) is 5.02 Å². The summed E-state index contributed by atoms with van der Waals surface area (Å²) in [7, 11) is 1.55. The van der Waals surface area contributed by atoms with Gasteiger partial charge in [0.15, 0.2) is 5.16 Å². The number of ether oxygens (including phenoxy) is 1.